The van der Waals surface area contributed by atoms with Gasteiger partial charge in [0, 0.05) is 0 Å². The van der Waals surface area contributed by atoms with Gasteiger partial charge in [-0.3, -0.25) is 0 Å². The lowest BCUT2D eigenvalue weighted by atomic mass is 9.46. The Morgan fingerprint density at radius 1 is 0.773 bits per heavy atom. The summed E-state index contributed by atoms with van der Waals surface area (Å²) in [6, 6.07) is 19.7. The molecule has 3 rings (SSSR count). The lowest BCUT2D eigenvalue weighted by molar-refractivity contribution is 0.208. The lowest BCUT2D eigenvalue weighted by Gasteiger charge is -2.48. The maximum Gasteiger partial charge on any atom is 0.303 e. The van der Waals surface area contributed by atoms with Crippen LogP contribution in [-0.4, -0.2) is 42.2 Å². The Labute approximate surface area is 131 Å². The molecule has 0 bridgehead atoms. The van der Waals surface area contributed by atoms with Crippen LogP contribution in [0.15, 0.2) is 60.7 Å². The van der Waals surface area contributed by atoms with E-state index in [1.807, 2.05) is 60.7 Å². The van der Waals surface area contributed by atoms with Gasteiger partial charge in [0.2, 0.25) is 0 Å². The fourth-order valence-corrected chi connectivity index (χ4v) is 4.35. The summed E-state index contributed by atoms with van der Waals surface area (Å²) in [6.07, 6.45) is 0.617. The van der Waals surface area contributed by atoms with Crippen molar-refractivity contribution in [2.75, 3.05) is 25.4 Å². The van der Waals surface area contributed by atoms with Crippen LogP contribution < -0.4 is 10.9 Å². The van der Waals surface area contributed by atoms with Gasteiger partial charge < -0.3 is 19.5 Å². The number of hydrogen-bond donors (Lipinski definition) is 2. The monoisotopic (exact) mass is 318 g/mol. The first-order valence-corrected chi connectivity index (χ1v) is 9.87. The molecule has 4 nitrogen and oxygen atoms in total. The minimum absolute atomic E-state index is 0.0563. The van der Waals surface area contributed by atoms with E-state index in [1.54, 1.807) is 0 Å². The van der Waals surface area contributed by atoms with Gasteiger partial charge in [-0.05, 0) is 0 Å². The van der Waals surface area contributed by atoms with Crippen LogP contribution in [0.3, 0.4) is 0 Å². The second kappa shape index (κ2) is 6.49. The first-order chi connectivity index (χ1) is 10.7. The summed E-state index contributed by atoms with van der Waals surface area (Å²) in [7, 11) is -1.99. The SMILES string of the molecule is OC[P+]1(CO)CO[B-](c2ccccc2)(c2ccccc2)OC1. The van der Waals surface area contributed by atoms with Crippen molar-refractivity contribution in [1.29, 1.82) is 0 Å². The average molecular weight is 318 g/mol. The van der Waals surface area contributed by atoms with E-state index in [0.29, 0.717) is 12.7 Å². The van der Waals surface area contributed by atoms with Gasteiger partial charge in [0.05, 0.1) is 0 Å². The van der Waals surface area contributed by atoms with Crippen molar-refractivity contribution in [2.24, 2.45) is 0 Å². The molecule has 0 aliphatic carbocycles. The molecule has 0 radical (unpaired) electrons. The van der Waals surface area contributed by atoms with E-state index in [9.17, 15) is 10.2 Å². The van der Waals surface area contributed by atoms with E-state index in [-0.39, 0.29) is 12.7 Å². The first-order valence-electron chi connectivity index (χ1n) is 7.34. The molecule has 1 fully saturated rings. The van der Waals surface area contributed by atoms with E-state index in [4.69, 9.17) is 9.31 Å². The van der Waals surface area contributed by atoms with Crippen molar-refractivity contribution in [3.05, 3.63) is 60.7 Å². The molecule has 0 saturated carbocycles. The van der Waals surface area contributed by atoms with E-state index >= 15 is 0 Å². The largest absolute Gasteiger partial charge is 0.531 e. The van der Waals surface area contributed by atoms with Crippen molar-refractivity contribution in [2.45, 2.75) is 0 Å². The molecule has 0 amide bonds. The number of hydrogen-bond acceptors (Lipinski definition) is 4. The molecule has 0 atom stereocenters. The van der Waals surface area contributed by atoms with Crippen LogP contribution in [0, 0.1) is 0 Å². The Balaban J connectivity index is 2.00. The van der Waals surface area contributed by atoms with Gasteiger partial charge >= 0.3 is 6.55 Å². The minimum Gasteiger partial charge on any atom is -0.531 e. The molecular weight excluding hydrogens is 298 g/mol. The zero-order chi connectivity index (χ0) is 15.5. The van der Waals surface area contributed by atoms with Gasteiger partial charge in [-0.1, -0.05) is 60.7 Å². The Morgan fingerprint density at radius 3 is 1.55 bits per heavy atom. The van der Waals surface area contributed by atoms with Gasteiger partial charge in [0.25, 0.3) is 0 Å². The van der Waals surface area contributed by atoms with E-state index in [2.05, 4.69) is 0 Å². The highest BCUT2D eigenvalue weighted by molar-refractivity contribution is 7.75. The van der Waals surface area contributed by atoms with Crippen LogP contribution in [0.4, 0.5) is 0 Å². The Hall–Kier alpha value is -1.23. The molecule has 2 N–H and O–H groups in total. The lowest BCUT2D eigenvalue weighted by Crippen LogP contribution is -2.65. The summed E-state index contributed by atoms with van der Waals surface area (Å²) < 4.78 is 12.4. The smallest absolute Gasteiger partial charge is 0.303 e. The molecule has 1 aliphatic heterocycles. The van der Waals surface area contributed by atoms with Gasteiger partial charge in [0.1, 0.15) is 20.0 Å². The van der Waals surface area contributed by atoms with Gasteiger partial charge in [-0.25, -0.2) is 0 Å². The van der Waals surface area contributed by atoms with E-state index in [1.165, 1.54) is 0 Å². The molecule has 6 heteroatoms. The second-order valence-corrected chi connectivity index (χ2v) is 9.51. The van der Waals surface area contributed by atoms with Crippen molar-refractivity contribution < 1.29 is 19.5 Å². The zero-order valence-electron chi connectivity index (χ0n) is 12.3. The molecule has 1 saturated heterocycles. The highest BCUT2D eigenvalue weighted by Gasteiger charge is 2.46. The van der Waals surface area contributed by atoms with E-state index in [0.717, 1.165) is 10.9 Å². The number of aliphatic hydroxyl groups is 2. The van der Waals surface area contributed by atoms with Crippen LogP contribution in [0.2, 0.25) is 0 Å². The predicted molar refractivity (Wildman–Crippen MR) is 90.9 cm³/mol. The van der Waals surface area contributed by atoms with Crippen LogP contribution >= 0.6 is 7.26 Å². The molecule has 0 spiro atoms. The summed E-state index contributed by atoms with van der Waals surface area (Å²) >= 11 is 0. The quantitative estimate of drug-likeness (QED) is 0.655. The normalized spacial score (nSPS) is 19.7. The molecule has 2 aromatic carbocycles. The van der Waals surface area contributed by atoms with Crippen molar-refractivity contribution in [3.63, 3.8) is 0 Å². The van der Waals surface area contributed by atoms with Gasteiger partial charge in [0.15, 0.2) is 12.7 Å². The molecule has 1 aliphatic rings. The highest BCUT2D eigenvalue weighted by atomic mass is 31.2. The van der Waals surface area contributed by atoms with Crippen LogP contribution in [-0.2, 0) is 9.31 Å². The third kappa shape index (κ3) is 2.71. The summed E-state index contributed by atoms with van der Waals surface area (Å²) in [6.45, 7) is -1.77. The van der Waals surface area contributed by atoms with Crippen LogP contribution in [0.1, 0.15) is 0 Å². The highest BCUT2D eigenvalue weighted by Crippen LogP contribution is 2.59. The minimum atomic E-state index is -1.99. The molecule has 116 valence electrons. The van der Waals surface area contributed by atoms with Gasteiger partial charge in [-0.15, -0.1) is 10.9 Å². The predicted octanol–water partition coefficient (Wildman–Crippen LogP) is 1.12. The zero-order valence-corrected chi connectivity index (χ0v) is 13.2. The summed E-state index contributed by atoms with van der Waals surface area (Å²) in [5, 5.41) is 19.2. The molecule has 1 heterocycles. The van der Waals surface area contributed by atoms with Gasteiger partial charge in [-0.2, -0.15) is 0 Å². The van der Waals surface area contributed by atoms with Crippen molar-refractivity contribution >= 4 is 24.7 Å². The Kier molecular flexibility index (Phi) is 4.62. The van der Waals surface area contributed by atoms with Crippen molar-refractivity contribution in [3.8, 4) is 0 Å². The second-order valence-electron chi connectivity index (χ2n) is 5.75. The third-order valence-electron chi connectivity index (χ3n) is 4.24. The summed E-state index contributed by atoms with van der Waals surface area (Å²) in [5.41, 5.74) is 1.95. The fourth-order valence-electron chi connectivity index (χ4n) is 2.81. The standard InChI is InChI=1S/C16H20BO4P/c18-11-22(12-19)13-20-17(21-14-22,15-7-3-1-4-8-15)16-9-5-2-6-10-16/h1-10,18-19H,11-14H2. The molecule has 22 heavy (non-hydrogen) atoms. The maximum absolute atomic E-state index is 9.59. The Bertz CT molecular complexity index is 553. The topological polar surface area (TPSA) is 58.9 Å². The van der Waals surface area contributed by atoms with E-state index < -0.39 is 13.8 Å². The third-order valence-corrected chi connectivity index (χ3v) is 6.84. The molecule has 0 unspecified atom stereocenters. The summed E-state index contributed by atoms with van der Waals surface area (Å²) in [5.74, 6) is 0. The van der Waals surface area contributed by atoms with Crippen LogP contribution in [0.5, 0.6) is 0 Å². The van der Waals surface area contributed by atoms with Crippen LogP contribution in [0.25, 0.3) is 0 Å². The number of benzene rings is 2. The average Bonchev–Trinajstić information content (AvgIpc) is 2.63. The van der Waals surface area contributed by atoms with Crippen molar-refractivity contribution in [1.82, 2.24) is 0 Å². The molecule has 0 aromatic heterocycles. The fraction of sp³-hybridized carbons (Fsp3) is 0.250. The molecule has 2 aromatic rings. The number of aliphatic hydroxyl groups excluding tert-OH is 2. The Morgan fingerprint density at radius 2 is 1.18 bits per heavy atom. The molecular formula is C16H20BO4P. The number of rotatable bonds is 4. The summed E-state index contributed by atoms with van der Waals surface area (Å²) in [4.78, 5) is 0. The maximum atomic E-state index is 9.59. The first kappa shape index (κ1) is 15.7.